The zero-order chi connectivity index (χ0) is 15.1. The molecule has 0 heterocycles. The van der Waals surface area contributed by atoms with E-state index >= 15 is 0 Å². The number of benzene rings is 2. The van der Waals surface area contributed by atoms with E-state index in [0.717, 1.165) is 18.7 Å². The molecule has 0 saturated carbocycles. The average molecular weight is 283 g/mol. The van der Waals surface area contributed by atoms with Gasteiger partial charge in [0.25, 0.3) is 0 Å². The molecule has 3 heteroatoms. The minimum atomic E-state index is -0.279. The number of hydrogen-bond acceptors (Lipinski definition) is 3. The predicted molar refractivity (Wildman–Crippen MR) is 85.5 cm³/mol. The number of aryl methyl sites for hydroxylation is 1. The van der Waals surface area contributed by atoms with E-state index in [2.05, 4.69) is 36.5 Å². The maximum atomic E-state index is 11.6. The maximum absolute atomic E-state index is 11.6. The summed E-state index contributed by atoms with van der Waals surface area (Å²) in [6.07, 6.45) is 1.06. The van der Waals surface area contributed by atoms with Gasteiger partial charge >= 0.3 is 5.97 Å². The summed E-state index contributed by atoms with van der Waals surface area (Å²) < 4.78 is 4.96. The Morgan fingerprint density at radius 3 is 2.14 bits per heavy atom. The molecule has 2 aromatic carbocycles. The summed E-state index contributed by atoms with van der Waals surface area (Å²) in [5, 5.41) is 3.34. The van der Waals surface area contributed by atoms with Crippen molar-refractivity contribution in [1.82, 2.24) is 0 Å². The normalized spacial score (nSPS) is 10.2. The molecule has 2 aromatic rings. The fraction of sp³-hybridized carbons (Fsp3) is 0.278. The second-order valence-corrected chi connectivity index (χ2v) is 4.82. The van der Waals surface area contributed by atoms with Crippen LogP contribution in [-0.4, -0.2) is 12.6 Å². The van der Waals surface area contributed by atoms with Gasteiger partial charge in [-0.25, -0.2) is 4.79 Å². The lowest BCUT2D eigenvalue weighted by molar-refractivity contribution is 0.0526. The number of hydrogen-bond donors (Lipinski definition) is 1. The van der Waals surface area contributed by atoms with Gasteiger partial charge in [-0.1, -0.05) is 31.2 Å². The fourth-order valence-electron chi connectivity index (χ4n) is 2.04. The van der Waals surface area contributed by atoms with Gasteiger partial charge in [0, 0.05) is 12.2 Å². The van der Waals surface area contributed by atoms with E-state index in [-0.39, 0.29) is 5.97 Å². The Morgan fingerprint density at radius 1 is 0.952 bits per heavy atom. The molecule has 0 bridgehead atoms. The minimum Gasteiger partial charge on any atom is -0.462 e. The first kappa shape index (κ1) is 15.1. The van der Waals surface area contributed by atoms with E-state index in [1.54, 1.807) is 19.1 Å². The largest absolute Gasteiger partial charge is 0.462 e. The van der Waals surface area contributed by atoms with Crippen molar-refractivity contribution in [2.75, 3.05) is 11.9 Å². The third-order valence-corrected chi connectivity index (χ3v) is 3.32. The smallest absolute Gasteiger partial charge is 0.338 e. The number of ether oxygens (including phenoxy) is 1. The van der Waals surface area contributed by atoms with Crippen LogP contribution in [0.2, 0.25) is 0 Å². The molecular weight excluding hydrogens is 262 g/mol. The van der Waals surface area contributed by atoms with Crippen LogP contribution in [0, 0.1) is 0 Å². The summed E-state index contributed by atoms with van der Waals surface area (Å²) in [5.41, 5.74) is 4.15. The summed E-state index contributed by atoms with van der Waals surface area (Å²) in [6.45, 7) is 5.12. The first-order valence-electron chi connectivity index (χ1n) is 7.31. The predicted octanol–water partition coefficient (Wildman–Crippen LogP) is 4.04. The van der Waals surface area contributed by atoms with Gasteiger partial charge < -0.3 is 10.1 Å². The molecule has 110 valence electrons. The zero-order valence-corrected chi connectivity index (χ0v) is 12.6. The molecule has 0 radical (unpaired) electrons. The highest BCUT2D eigenvalue weighted by Gasteiger charge is 2.05. The Bertz CT molecular complexity index is 573. The summed E-state index contributed by atoms with van der Waals surface area (Å²) in [6, 6.07) is 15.9. The highest BCUT2D eigenvalue weighted by molar-refractivity contribution is 5.89. The van der Waals surface area contributed by atoms with Crippen molar-refractivity contribution in [2.24, 2.45) is 0 Å². The number of anilines is 1. The van der Waals surface area contributed by atoms with Gasteiger partial charge in [0.1, 0.15) is 0 Å². The van der Waals surface area contributed by atoms with Crippen LogP contribution in [0.5, 0.6) is 0 Å². The van der Waals surface area contributed by atoms with Crippen molar-refractivity contribution in [2.45, 2.75) is 26.8 Å². The molecule has 0 atom stereocenters. The Labute approximate surface area is 126 Å². The summed E-state index contributed by atoms with van der Waals surface area (Å²) in [4.78, 5) is 11.6. The zero-order valence-electron chi connectivity index (χ0n) is 12.6. The third-order valence-electron chi connectivity index (χ3n) is 3.32. The Morgan fingerprint density at radius 2 is 1.57 bits per heavy atom. The minimum absolute atomic E-state index is 0.279. The molecule has 1 N–H and O–H groups in total. The molecule has 0 aliphatic heterocycles. The Balaban J connectivity index is 1.92. The van der Waals surface area contributed by atoms with E-state index in [4.69, 9.17) is 4.74 Å². The summed E-state index contributed by atoms with van der Waals surface area (Å²) in [7, 11) is 0. The van der Waals surface area contributed by atoms with Crippen LogP contribution < -0.4 is 5.32 Å². The van der Waals surface area contributed by atoms with Gasteiger partial charge in [0.15, 0.2) is 0 Å². The van der Waals surface area contributed by atoms with Crippen molar-refractivity contribution in [3.8, 4) is 0 Å². The van der Waals surface area contributed by atoms with Crippen molar-refractivity contribution in [3.63, 3.8) is 0 Å². The molecule has 0 spiro atoms. The van der Waals surface area contributed by atoms with Crippen molar-refractivity contribution < 1.29 is 9.53 Å². The van der Waals surface area contributed by atoms with E-state index in [1.807, 2.05) is 12.1 Å². The second-order valence-electron chi connectivity index (χ2n) is 4.82. The summed E-state index contributed by atoms with van der Waals surface area (Å²) in [5.74, 6) is -0.279. The summed E-state index contributed by atoms with van der Waals surface area (Å²) >= 11 is 0. The number of carbonyl (C=O) groups excluding carboxylic acids is 1. The van der Waals surface area contributed by atoms with Crippen LogP contribution in [0.4, 0.5) is 5.69 Å². The van der Waals surface area contributed by atoms with E-state index < -0.39 is 0 Å². The molecule has 0 saturated heterocycles. The van der Waals surface area contributed by atoms with Gasteiger partial charge in [0.05, 0.1) is 12.2 Å². The molecule has 0 amide bonds. The molecule has 3 nitrogen and oxygen atoms in total. The number of carbonyl (C=O) groups is 1. The number of nitrogens with one attached hydrogen (secondary N) is 1. The molecule has 0 aliphatic rings. The Kier molecular flexibility index (Phi) is 5.38. The average Bonchev–Trinajstić information content (AvgIpc) is 2.54. The lowest BCUT2D eigenvalue weighted by atomic mass is 10.1. The lowest BCUT2D eigenvalue weighted by Crippen LogP contribution is -2.05. The van der Waals surface area contributed by atoms with Crippen LogP contribution in [0.1, 0.15) is 35.3 Å². The highest BCUT2D eigenvalue weighted by Crippen LogP contribution is 2.13. The second kappa shape index (κ2) is 7.48. The molecule has 0 fully saturated rings. The quantitative estimate of drug-likeness (QED) is 0.813. The molecule has 0 unspecified atom stereocenters. The Hall–Kier alpha value is -2.29. The van der Waals surface area contributed by atoms with Gasteiger partial charge in [0.2, 0.25) is 0 Å². The van der Waals surface area contributed by atoms with E-state index in [1.165, 1.54) is 11.1 Å². The molecule has 21 heavy (non-hydrogen) atoms. The van der Waals surface area contributed by atoms with E-state index in [0.29, 0.717) is 12.2 Å². The van der Waals surface area contributed by atoms with Crippen LogP contribution in [0.3, 0.4) is 0 Å². The van der Waals surface area contributed by atoms with Crippen molar-refractivity contribution in [1.29, 1.82) is 0 Å². The van der Waals surface area contributed by atoms with Crippen LogP contribution >= 0.6 is 0 Å². The first-order valence-corrected chi connectivity index (χ1v) is 7.31. The molecule has 0 aliphatic carbocycles. The first-order chi connectivity index (χ1) is 10.2. The number of rotatable bonds is 6. The van der Waals surface area contributed by atoms with Gasteiger partial charge in [-0.05, 0) is 48.7 Å². The van der Waals surface area contributed by atoms with Crippen LogP contribution in [0.25, 0.3) is 0 Å². The van der Waals surface area contributed by atoms with E-state index in [9.17, 15) is 4.79 Å². The van der Waals surface area contributed by atoms with Crippen molar-refractivity contribution >= 4 is 11.7 Å². The fourth-order valence-corrected chi connectivity index (χ4v) is 2.04. The third kappa shape index (κ3) is 4.35. The van der Waals surface area contributed by atoms with Gasteiger partial charge in [-0.15, -0.1) is 0 Å². The number of esters is 1. The topological polar surface area (TPSA) is 38.3 Å². The highest BCUT2D eigenvalue weighted by atomic mass is 16.5. The molecule has 0 aromatic heterocycles. The SMILES string of the molecule is CCOC(=O)c1ccc(NCc2ccc(CC)cc2)cc1. The monoisotopic (exact) mass is 283 g/mol. The van der Waals surface area contributed by atoms with Crippen LogP contribution in [-0.2, 0) is 17.7 Å². The van der Waals surface area contributed by atoms with Crippen molar-refractivity contribution in [3.05, 3.63) is 65.2 Å². The molecular formula is C18H21NO2. The van der Waals surface area contributed by atoms with Gasteiger partial charge in [-0.3, -0.25) is 0 Å². The molecule has 2 rings (SSSR count). The maximum Gasteiger partial charge on any atom is 0.338 e. The lowest BCUT2D eigenvalue weighted by Gasteiger charge is -2.08. The van der Waals surface area contributed by atoms with Gasteiger partial charge in [-0.2, -0.15) is 0 Å². The standard InChI is InChI=1S/C18H21NO2/c1-3-14-5-7-15(8-6-14)13-19-17-11-9-16(10-12-17)18(20)21-4-2/h5-12,19H,3-4,13H2,1-2H3. The van der Waals surface area contributed by atoms with Crippen LogP contribution in [0.15, 0.2) is 48.5 Å².